The normalized spacial score (nSPS) is 12.1. The zero-order valence-corrected chi connectivity index (χ0v) is 7.78. The van der Waals surface area contributed by atoms with Gasteiger partial charge < -0.3 is 15.4 Å². The van der Waals surface area contributed by atoms with Gasteiger partial charge in [0, 0.05) is 12.4 Å². The van der Waals surface area contributed by atoms with E-state index in [9.17, 15) is 9.59 Å². The molecule has 0 aromatic carbocycles. The summed E-state index contributed by atoms with van der Waals surface area (Å²) in [6.45, 7) is 1.70. The molecule has 1 unspecified atom stereocenters. The molecule has 76 valence electrons. The van der Waals surface area contributed by atoms with Crippen LogP contribution in [-0.2, 0) is 4.79 Å². The van der Waals surface area contributed by atoms with Crippen molar-refractivity contribution in [2.24, 2.45) is 0 Å². The van der Waals surface area contributed by atoms with E-state index in [4.69, 9.17) is 5.11 Å². The summed E-state index contributed by atoms with van der Waals surface area (Å²) in [5.41, 5.74) is 0.435. The summed E-state index contributed by atoms with van der Waals surface area (Å²) in [6.07, 6.45) is 3.49. The molecule has 0 aliphatic heterocycles. The Labute approximate surface area is 81.1 Å². The van der Waals surface area contributed by atoms with E-state index in [1.807, 2.05) is 0 Å². The van der Waals surface area contributed by atoms with Crippen molar-refractivity contribution in [3.05, 3.63) is 24.0 Å². The molecule has 5 nitrogen and oxygen atoms in total. The average molecular weight is 196 g/mol. The van der Waals surface area contributed by atoms with Crippen molar-refractivity contribution in [2.45, 2.75) is 19.4 Å². The first-order valence-electron chi connectivity index (χ1n) is 4.31. The number of aliphatic carboxylic acids is 1. The Balaban J connectivity index is 2.60. The zero-order valence-electron chi connectivity index (χ0n) is 7.78. The van der Waals surface area contributed by atoms with Crippen molar-refractivity contribution >= 4 is 11.9 Å². The molecule has 0 aliphatic carbocycles. The third-order valence-corrected chi connectivity index (χ3v) is 1.87. The largest absolute Gasteiger partial charge is 0.480 e. The number of hydrogen-bond acceptors (Lipinski definition) is 2. The second kappa shape index (κ2) is 4.45. The number of aromatic amines is 1. The molecule has 0 spiro atoms. The topological polar surface area (TPSA) is 82.2 Å². The Morgan fingerprint density at radius 2 is 2.36 bits per heavy atom. The molecule has 1 atom stereocenters. The highest BCUT2D eigenvalue weighted by atomic mass is 16.4. The van der Waals surface area contributed by atoms with Crippen molar-refractivity contribution in [3.8, 4) is 0 Å². The van der Waals surface area contributed by atoms with Gasteiger partial charge in [0.15, 0.2) is 0 Å². The molecule has 14 heavy (non-hydrogen) atoms. The molecule has 1 amide bonds. The van der Waals surface area contributed by atoms with Gasteiger partial charge in [-0.05, 0) is 12.5 Å². The predicted molar refractivity (Wildman–Crippen MR) is 50.0 cm³/mol. The molecule has 1 heterocycles. The summed E-state index contributed by atoms with van der Waals surface area (Å²) in [5.74, 6) is -1.39. The molecule has 3 N–H and O–H groups in total. The van der Waals surface area contributed by atoms with Gasteiger partial charge in [-0.3, -0.25) is 4.79 Å². The third kappa shape index (κ3) is 2.35. The quantitative estimate of drug-likeness (QED) is 0.659. The molecule has 0 aliphatic rings. The van der Waals surface area contributed by atoms with Crippen LogP contribution in [0.15, 0.2) is 18.5 Å². The number of carboxylic acids is 1. The molecule has 5 heteroatoms. The maximum atomic E-state index is 11.4. The minimum atomic E-state index is -1.02. The number of hydrogen-bond donors (Lipinski definition) is 3. The van der Waals surface area contributed by atoms with Crippen molar-refractivity contribution in [1.29, 1.82) is 0 Å². The standard InChI is InChI=1S/C9H12N2O3/c1-2-7(9(13)14)11-8(12)6-3-4-10-5-6/h3-5,7,10H,2H2,1H3,(H,11,12)(H,13,14). The van der Waals surface area contributed by atoms with Crippen LogP contribution in [0.25, 0.3) is 0 Å². The van der Waals surface area contributed by atoms with Gasteiger partial charge in [0.25, 0.3) is 5.91 Å². The Bertz CT molecular complexity index is 319. The van der Waals surface area contributed by atoms with Crippen LogP contribution in [0.5, 0.6) is 0 Å². The summed E-state index contributed by atoms with van der Waals surface area (Å²) >= 11 is 0. The van der Waals surface area contributed by atoms with Gasteiger partial charge in [-0.2, -0.15) is 0 Å². The summed E-state index contributed by atoms with van der Waals surface area (Å²) < 4.78 is 0. The van der Waals surface area contributed by atoms with E-state index in [1.54, 1.807) is 19.2 Å². The van der Waals surface area contributed by atoms with Gasteiger partial charge in [-0.1, -0.05) is 6.92 Å². The van der Waals surface area contributed by atoms with Crippen molar-refractivity contribution < 1.29 is 14.7 Å². The van der Waals surface area contributed by atoms with Gasteiger partial charge in [0.2, 0.25) is 0 Å². The number of rotatable bonds is 4. The first-order chi connectivity index (χ1) is 6.65. The lowest BCUT2D eigenvalue weighted by atomic mass is 10.2. The number of carbonyl (C=O) groups excluding carboxylic acids is 1. The smallest absolute Gasteiger partial charge is 0.326 e. The SMILES string of the molecule is CCC(NC(=O)c1cc[nH]c1)C(=O)O. The minimum Gasteiger partial charge on any atom is -0.480 e. The fourth-order valence-electron chi connectivity index (χ4n) is 1.05. The fourth-order valence-corrected chi connectivity index (χ4v) is 1.05. The maximum Gasteiger partial charge on any atom is 0.326 e. The predicted octanol–water partition coefficient (Wildman–Crippen LogP) is 0.608. The first-order valence-corrected chi connectivity index (χ1v) is 4.31. The highest BCUT2D eigenvalue weighted by Crippen LogP contribution is 1.98. The van der Waals surface area contributed by atoms with E-state index < -0.39 is 12.0 Å². The molecule has 0 saturated carbocycles. The van der Waals surface area contributed by atoms with E-state index in [0.717, 1.165) is 0 Å². The monoisotopic (exact) mass is 196 g/mol. The van der Waals surface area contributed by atoms with E-state index in [2.05, 4.69) is 10.3 Å². The number of aromatic nitrogens is 1. The molecule has 1 aromatic rings. The number of H-pyrrole nitrogens is 1. The van der Waals surface area contributed by atoms with Gasteiger partial charge in [-0.25, -0.2) is 4.79 Å². The van der Waals surface area contributed by atoms with Gasteiger partial charge in [0.1, 0.15) is 6.04 Å². The fraction of sp³-hybridized carbons (Fsp3) is 0.333. The van der Waals surface area contributed by atoms with Crippen LogP contribution in [0.2, 0.25) is 0 Å². The second-order valence-corrected chi connectivity index (χ2v) is 2.87. The molecule has 0 saturated heterocycles. The maximum absolute atomic E-state index is 11.4. The summed E-state index contributed by atoms with van der Waals surface area (Å²) in [4.78, 5) is 24.7. The highest BCUT2D eigenvalue weighted by molar-refractivity contribution is 5.96. The Morgan fingerprint density at radius 3 is 2.79 bits per heavy atom. The molecule has 1 aromatic heterocycles. The summed E-state index contributed by atoms with van der Waals surface area (Å²) in [5, 5.41) is 11.1. The van der Waals surface area contributed by atoms with Crippen LogP contribution >= 0.6 is 0 Å². The van der Waals surface area contributed by atoms with Crippen LogP contribution in [-0.4, -0.2) is 28.0 Å². The average Bonchev–Trinajstić information content (AvgIpc) is 2.65. The van der Waals surface area contributed by atoms with Crippen LogP contribution in [0.1, 0.15) is 23.7 Å². The number of amides is 1. The third-order valence-electron chi connectivity index (χ3n) is 1.87. The minimum absolute atomic E-state index is 0.367. The number of nitrogens with one attached hydrogen (secondary N) is 2. The zero-order chi connectivity index (χ0) is 10.6. The van der Waals surface area contributed by atoms with Crippen molar-refractivity contribution in [2.75, 3.05) is 0 Å². The van der Waals surface area contributed by atoms with Crippen molar-refractivity contribution in [3.63, 3.8) is 0 Å². The second-order valence-electron chi connectivity index (χ2n) is 2.87. The van der Waals surface area contributed by atoms with Gasteiger partial charge in [-0.15, -0.1) is 0 Å². The number of carbonyl (C=O) groups is 2. The van der Waals surface area contributed by atoms with E-state index >= 15 is 0 Å². The summed E-state index contributed by atoms with van der Waals surface area (Å²) in [7, 11) is 0. The van der Waals surface area contributed by atoms with Crippen LogP contribution in [0, 0.1) is 0 Å². The Morgan fingerprint density at radius 1 is 1.64 bits per heavy atom. The lowest BCUT2D eigenvalue weighted by Crippen LogP contribution is -2.40. The summed E-state index contributed by atoms with van der Waals surface area (Å²) in [6, 6.07) is 0.765. The molecular formula is C9H12N2O3. The van der Waals surface area contributed by atoms with E-state index in [0.29, 0.717) is 12.0 Å². The van der Waals surface area contributed by atoms with Gasteiger partial charge >= 0.3 is 5.97 Å². The van der Waals surface area contributed by atoms with Crippen LogP contribution in [0.4, 0.5) is 0 Å². The highest BCUT2D eigenvalue weighted by Gasteiger charge is 2.18. The Hall–Kier alpha value is -1.78. The van der Waals surface area contributed by atoms with Gasteiger partial charge in [0.05, 0.1) is 5.56 Å². The van der Waals surface area contributed by atoms with Crippen LogP contribution < -0.4 is 5.32 Å². The lowest BCUT2D eigenvalue weighted by molar-refractivity contribution is -0.139. The van der Waals surface area contributed by atoms with Crippen LogP contribution in [0.3, 0.4) is 0 Å². The Kier molecular flexibility index (Phi) is 3.28. The lowest BCUT2D eigenvalue weighted by Gasteiger charge is -2.10. The molecule has 0 fully saturated rings. The molecule has 1 rings (SSSR count). The number of carboxylic acid groups (broad SMARTS) is 1. The van der Waals surface area contributed by atoms with E-state index in [-0.39, 0.29) is 5.91 Å². The van der Waals surface area contributed by atoms with Crippen molar-refractivity contribution in [1.82, 2.24) is 10.3 Å². The molecule has 0 bridgehead atoms. The molecular weight excluding hydrogens is 184 g/mol. The van der Waals surface area contributed by atoms with E-state index in [1.165, 1.54) is 6.20 Å². The molecule has 0 radical (unpaired) electrons. The first kappa shape index (κ1) is 10.3.